The molecule has 3 rings (SSSR count). The third kappa shape index (κ3) is 2.55. The topological polar surface area (TPSA) is 70.6 Å². The van der Waals surface area contributed by atoms with Crippen molar-refractivity contribution in [1.82, 2.24) is 14.2 Å². The van der Waals surface area contributed by atoms with E-state index in [0.29, 0.717) is 31.5 Å². The average Bonchev–Trinajstić information content (AvgIpc) is 2.97. The van der Waals surface area contributed by atoms with Gasteiger partial charge in [0, 0.05) is 37.6 Å². The number of hydrogen-bond donors (Lipinski definition) is 0. The lowest BCUT2D eigenvalue weighted by atomic mass is 10.1. The molecule has 2 atom stereocenters. The van der Waals surface area contributed by atoms with E-state index < -0.39 is 10.0 Å². The third-order valence-corrected chi connectivity index (χ3v) is 5.64. The number of likely N-dealkylation sites (tertiary alicyclic amines) is 1. The molecule has 114 valence electrons. The summed E-state index contributed by atoms with van der Waals surface area (Å²) >= 11 is 0. The highest BCUT2D eigenvalue weighted by atomic mass is 32.2. The minimum atomic E-state index is -3.19. The molecule has 0 spiro atoms. The van der Waals surface area contributed by atoms with Crippen LogP contribution in [0.2, 0.25) is 0 Å². The quantitative estimate of drug-likeness (QED) is 0.804. The Bertz CT molecular complexity index is 674. The number of carbonyl (C=O) groups is 1. The first-order valence-electron chi connectivity index (χ1n) is 7.07. The molecule has 7 heteroatoms. The Balaban J connectivity index is 1.82. The number of carbonyl (C=O) groups excluding carboxylic acids is 1. The molecule has 0 N–H and O–H groups in total. The largest absolute Gasteiger partial charge is 0.334 e. The Kier molecular flexibility index (Phi) is 3.49. The standard InChI is InChI=1S/C14H19N3O3S/c1-10-7-11(9-15-8-10)14(18)16-5-3-13-12(16)4-6-17(13)21(2,19)20/h7-9,12-13H,3-6H2,1-2H3/t12-,13+/m1/s1. The fraction of sp³-hybridized carbons (Fsp3) is 0.571. The third-order valence-electron chi connectivity index (χ3n) is 4.33. The first kappa shape index (κ1) is 14.5. The van der Waals surface area contributed by atoms with Gasteiger partial charge in [-0.2, -0.15) is 4.31 Å². The van der Waals surface area contributed by atoms with Gasteiger partial charge in [-0.15, -0.1) is 0 Å². The number of rotatable bonds is 2. The summed E-state index contributed by atoms with van der Waals surface area (Å²) < 4.78 is 25.1. The molecule has 21 heavy (non-hydrogen) atoms. The molecule has 2 aliphatic heterocycles. The van der Waals surface area contributed by atoms with E-state index in [1.54, 1.807) is 16.7 Å². The van der Waals surface area contributed by atoms with Gasteiger partial charge in [-0.25, -0.2) is 8.42 Å². The maximum atomic E-state index is 12.6. The molecule has 0 saturated carbocycles. The van der Waals surface area contributed by atoms with Crippen molar-refractivity contribution < 1.29 is 13.2 Å². The number of amides is 1. The summed E-state index contributed by atoms with van der Waals surface area (Å²) in [6.07, 6.45) is 5.95. The summed E-state index contributed by atoms with van der Waals surface area (Å²) in [4.78, 5) is 18.5. The number of aromatic nitrogens is 1. The van der Waals surface area contributed by atoms with Crippen molar-refractivity contribution in [3.05, 3.63) is 29.6 Å². The van der Waals surface area contributed by atoms with Crippen molar-refractivity contribution in [3.63, 3.8) is 0 Å². The Morgan fingerprint density at radius 2 is 1.95 bits per heavy atom. The van der Waals surface area contributed by atoms with Gasteiger partial charge in [0.25, 0.3) is 5.91 Å². The van der Waals surface area contributed by atoms with Crippen molar-refractivity contribution in [3.8, 4) is 0 Å². The summed E-state index contributed by atoms with van der Waals surface area (Å²) in [5.74, 6) is -0.0472. The summed E-state index contributed by atoms with van der Waals surface area (Å²) in [5, 5.41) is 0. The van der Waals surface area contributed by atoms with Gasteiger partial charge in [-0.05, 0) is 31.4 Å². The van der Waals surface area contributed by atoms with Crippen LogP contribution in [0.4, 0.5) is 0 Å². The highest BCUT2D eigenvalue weighted by Crippen LogP contribution is 2.33. The molecule has 6 nitrogen and oxygen atoms in total. The maximum absolute atomic E-state index is 12.6. The minimum absolute atomic E-state index is 0.00672. The molecule has 0 aliphatic carbocycles. The molecule has 1 aromatic heterocycles. The first-order chi connectivity index (χ1) is 9.88. The molecule has 0 unspecified atom stereocenters. The second kappa shape index (κ2) is 5.06. The molecule has 0 radical (unpaired) electrons. The highest BCUT2D eigenvalue weighted by Gasteiger charge is 2.47. The van der Waals surface area contributed by atoms with E-state index >= 15 is 0 Å². The first-order valence-corrected chi connectivity index (χ1v) is 8.92. The number of nitrogens with zero attached hydrogens (tertiary/aromatic N) is 3. The minimum Gasteiger partial charge on any atom is -0.334 e. The summed E-state index contributed by atoms with van der Waals surface area (Å²) in [6, 6.07) is 1.75. The van der Waals surface area contributed by atoms with Crippen LogP contribution in [0.3, 0.4) is 0 Å². The molecule has 1 amide bonds. The van der Waals surface area contributed by atoms with Crippen LogP contribution in [-0.2, 0) is 10.0 Å². The van der Waals surface area contributed by atoms with E-state index in [-0.39, 0.29) is 18.0 Å². The second-order valence-corrected chi connectivity index (χ2v) is 7.77. The van der Waals surface area contributed by atoms with Crippen LogP contribution in [0.5, 0.6) is 0 Å². The molecule has 2 saturated heterocycles. The normalized spacial score (nSPS) is 26.1. The zero-order valence-corrected chi connectivity index (χ0v) is 13.0. The van der Waals surface area contributed by atoms with E-state index in [4.69, 9.17) is 0 Å². The van der Waals surface area contributed by atoms with Crippen molar-refractivity contribution in [1.29, 1.82) is 0 Å². The molecule has 2 aliphatic rings. The fourth-order valence-electron chi connectivity index (χ4n) is 3.45. The molecule has 2 fully saturated rings. The zero-order valence-electron chi connectivity index (χ0n) is 12.2. The maximum Gasteiger partial charge on any atom is 0.255 e. The van der Waals surface area contributed by atoms with E-state index in [1.165, 1.54) is 6.26 Å². The number of hydrogen-bond acceptors (Lipinski definition) is 4. The predicted octanol–water partition coefficient (Wildman–Crippen LogP) is 0.638. The van der Waals surface area contributed by atoms with Crippen molar-refractivity contribution in [2.75, 3.05) is 19.3 Å². The van der Waals surface area contributed by atoms with E-state index in [2.05, 4.69) is 4.98 Å². The van der Waals surface area contributed by atoms with E-state index in [9.17, 15) is 13.2 Å². The van der Waals surface area contributed by atoms with Gasteiger partial charge >= 0.3 is 0 Å². The Labute approximate surface area is 124 Å². The lowest BCUT2D eigenvalue weighted by Crippen LogP contribution is -2.41. The number of aryl methyl sites for hydroxylation is 1. The Hall–Kier alpha value is -1.47. The molecule has 0 aromatic carbocycles. The van der Waals surface area contributed by atoms with Crippen LogP contribution in [0.25, 0.3) is 0 Å². The zero-order chi connectivity index (χ0) is 15.2. The average molecular weight is 309 g/mol. The van der Waals surface area contributed by atoms with Crippen LogP contribution >= 0.6 is 0 Å². The molecule has 3 heterocycles. The summed E-state index contributed by atoms with van der Waals surface area (Å²) in [5.41, 5.74) is 1.52. The fourth-order valence-corrected chi connectivity index (χ4v) is 4.62. The van der Waals surface area contributed by atoms with Gasteiger partial charge in [-0.1, -0.05) is 0 Å². The van der Waals surface area contributed by atoms with Crippen LogP contribution in [0.1, 0.15) is 28.8 Å². The van der Waals surface area contributed by atoms with Gasteiger partial charge in [0.1, 0.15) is 0 Å². The lowest BCUT2D eigenvalue weighted by molar-refractivity contribution is 0.0734. The van der Waals surface area contributed by atoms with Crippen molar-refractivity contribution in [2.24, 2.45) is 0 Å². The number of fused-ring (bicyclic) bond motifs is 1. The molecule has 0 bridgehead atoms. The lowest BCUT2D eigenvalue weighted by Gasteiger charge is -2.24. The van der Waals surface area contributed by atoms with Crippen LogP contribution in [0, 0.1) is 6.92 Å². The SMILES string of the molecule is Cc1cncc(C(=O)N2CC[C@H]3[C@H]2CCN3S(C)(=O)=O)c1. The van der Waals surface area contributed by atoms with Crippen molar-refractivity contribution in [2.45, 2.75) is 31.8 Å². The number of pyridine rings is 1. The molecule has 1 aromatic rings. The Morgan fingerprint density at radius 1 is 1.24 bits per heavy atom. The summed E-state index contributed by atoms with van der Waals surface area (Å²) in [6.45, 7) is 3.01. The van der Waals surface area contributed by atoms with Crippen LogP contribution in [-0.4, -0.2) is 59.9 Å². The second-order valence-electron chi connectivity index (χ2n) is 5.84. The van der Waals surface area contributed by atoms with Gasteiger partial charge in [0.05, 0.1) is 11.8 Å². The van der Waals surface area contributed by atoms with Crippen LogP contribution in [0.15, 0.2) is 18.5 Å². The number of sulfonamides is 1. The summed E-state index contributed by atoms with van der Waals surface area (Å²) in [7, 11) is -3.19. The van der Waals surface area contributed by atoms with Gasteiger partial charge in [-0.3, -0.25) is 9.78 Å². The van der Waals surface area contributed by atoms with Crippen molar-refractivity contribution >= 4 is 15.9 Å². The predicted molar refractivity (Wildman–Crippen MR) is 78.4 cm³/mol. The molecular weight excluding hydrogens is 290 g/mol. The Morgan fingerprint density at radius 3 is 2.62 bits per heavy atom. The van der Waals surface area contributed by atoms with Gasteiger partial charge in [0.15, 0.2) is 0 Å². The van der Waals surface area contributed by atoms with Crippen LogP contribution < -0.4 is 0 Å². The monoisotopic (exact) mass is 309 g/mol. The van der Waals surface area contributed by atoms with E-state index in [1.807, 2.05) is 17.9 Å². The van der Waals surface area contributed by atoms with E-state index in [0.717, 1.165) is 5.56 Å². The van der Waals surface area contributed by atoms with Gasteiger partial charge < -0.3 is 4.90 Å². The smallest absolute Gasteiger partial charge is 0.255 e. The molecular formula is C14H19N3O3S. The van der Waals surface area contributed by atoms with Gasteiger partial charge in [0.2, 0.25) is 10.0 Å². The highest BCUT2D eigenvalue weighted by molar-refractivity contribution is 7.88.